The minimum atomic E-state index is -0.0958. The molecular weight excluding hydrogens is 368 g/mol. The number of anilines is 3. The number of hydrogen-bond acceptors (Lipinski definition) is 5. The summed E-state index contributed by atoms with van der Waals surface area (Å²) < 4.78 is 16.1. The maximum absolute atomic E-state index is 12.1. The molecule has 6 heteroatoms. The number of carbonyl (C=O) groups is 1. The number of methoxy groups -OCH3 is 2. The van der Waals surface area contributed by atoms with Crippen LogP contribution in [0.4, 0.5) is 17.1 Å². The van der Waals surface area contributed by atoms with Crippen LogP contribution in [0.5, 0.6) is 17.2 Å². The van der Waals surface area contributed by atoms with Crippen LogP contribution in [0.2, 0.25) is 0 Å². The van der Waals surface area contributed by atoms with Gasteiger partial charge in [-0.05, 0) is 48.5 Å². The van der Waals surface area contributed by atoms with Gasteiger partial charge in [0.25, 0.3) is 0 Å². The summed E-state index contributed by atoms with van der Waals surface area (Å²) in [6.45, 7) is 0.328. The van der Waals surface area contributed by atoms with Gasteiger partial charge in [0.1, 0.15) is 5.75 Å². The fourth-order valence-corrected chi connectivity index (χ4v) is 2.72. The first-order valence-corrected chi connectivity index (χ1v) is 9.25. The third kappa shape index (κ3) is 5.90. The maximum atomic E-state index is 12.1. The van der Waals surface area contributed by atoms with E-state index in [1.54, 1.807) is 14.2 Å². The zero-order valence-electron chi connectivity index (χ0n) is 16.5. The van der Waals surface area contributed by atoms with E-state index >= 15 is 0 Å². The van der Waals surface area contributed by atoms with Crippen LogP contribution in [0.25, 0.3) is 0 Å². The van der Waals surface area contributed by atoms with Crippen LogP contribution in [-0.2, 0) is 4.79 Å². The van der Waals surface area contributed by atoms with Crippen molar-refractivity contribution in [3.05, 3.63) is 72.8 Å². The van der Waals surface area contributed by atoms with E-state index in [0.717, 1.165) is 22.8 Å². The third-order valence-electron chi connectivity index (χ3n) is 4.18. The first kappa shape index (κ1) is 20.1. The van der Waals surface area contributed by atoms with Crippen LogP contribution in [0, 0.1) is 0 Å². The Morgan fingerprint density at radius 2 is 1.45 bits per heavy atom. The third-order valence-corrected chi connectivity index (χ3v) is 4.18. The van der Waals surface area contributed by atoms with Gasteiger partial charge in [0.15, 0.2) is 11.5 Å². The molecule has 0 aliphatic carbocycles. The molecule has 0 aliphatic heterocycles. The Bertz CT molecular complexity index is 927. The summed E-state index contributed by atoms with van der Waals surface area (Å²) in [6.07, 6.45) is 0.278. The van der Waals surface area contributed by atoms with E-state index in [1.165, 1.54) is 0 Å². The minimum absolute atomic E-state index is 0.0958. The van der Waals surface area contributed by atoms with Crippen LogP contribution >= 0.6 is 0 Å². The molecule has 0 aromatic heterocycles. The molecule has 150 valence electrons. The number of hydrogen-bond donors (Lipinski definition) is 2. The summed E-state index contributed by atoms with van der Waals surface area (Å²) in [5, 5.41) is 6.16. The summed E-state index contributed by atoms with van der Waals surface area (Å²) in [4.78, 5) is 12.1. The molecule has 1 amide bonds. The lowest BCUT2D eigenvalue weighted by molar-refractivity contribution is -0.116. The number of carbonyl (C=O) groups excluding carboxylic acids is 1. The van der Waals surface area contributed by atoms with Gasteiger partial charge >= 0.3 is 0 Å². The summed E-state index contributed by atoms with van der Waals surface area (Å²) >= 11 is 0. The van der Waals surface area contributed by atoms with E-state index in [0.29, 0.717) is 18.1 Å². The van der Waals surface area contributed by atoms with Crippen molar-refractivity contribution in [2.75, 3.05) is 31.5 Å². The van der Waals surface area contributed by atoms with E-state index in [-0.39, 0.29) is 12.3 Å². The summed E-state index contributed by atoms with van der Waals surface area (Å²) in [5.74, 6) is 1.99. The second-order valence-electron chi connectivity index (χ2n) is 6.23. The second-order valence-corrected chi connectivity index (χ2v) is 6.23. The lowest BCUT2D eigenvalue weighted by Gasteiger charge is -2.12. The van der Waals surface area contributed by atoms with Gasteiger partial charge in [-0.25, -0.2) is 0 Å². The molecule has 0 fully saturated rings. The molecule has 0 atom stereocenters. The van der Waals surface area contributed by atoms with Crippen molar-refractivity contribution in [3.63, 3.8) is 0 Å². The van der Waals surface area contributed by atoms with Gasteiger partial charge in [-0.15, -0.1) is 0 Å². The smallest absolute Gasteiger partial charge is 0.227 e. The average Bonchev–Trinajstić information content (AvgIpc) is 2.76. The fourth-order valence-electron chi connectivity index (χ4n) is 2.72. The monoisotopic (exact) mass is 392 g/mol. The molecule has 0 bridgehead atoms. The van der Waals surface area contributed by atoms with E-state index in [1.807, 2.05) is 72.8 Å². The van der Waals surface area contributed by atoms with Crippen molar-refractivity contribution in [1.82, 2.24) is 0 Å². The molecule has 0 saturated heterocycles. The molecule has 3 rings (SSSR count). The SMILES string of the molecule is COc1ccc(Nc2ccc(NC(=O)CCOc3ccccc3)cc2)cc1OC. The van der Waals surface area contributed by atoms with Crippen molar-refractivity contribution in [3.8, 4) is 17.2 Å². The summed E-state index contributed by atoms with van der Waals surface area (Å²) in [6, 6.07) is 22.5. The zero-order chi connectivity index (χ0) is 20.5. The molecule has 3 aromatic rings. The second kappa shape index (κ2) is 10.0. The van der Waals surface area contributed by atoms with Crippen molar-refractivity contribution >= 4 is 23.0 Å². The van der Waals surface area contributed by atoms with E-state index in [9.17, 15) is 4.79 Å². The van der Waals surface area contributed by atoms with Gasteiger partial charge in [0.05, 0.1) is 27.2 Å². The predicted octanol–water partition coefficient (Wildman–Crippen LogP) is 4.86. The van der Waals surface area contributed by atoms with Crippen LogP contribution in [0.3, 0.4) is 0 Å². The van der Waals surface area contributed by atoms with Gasteiger partial charge < -0.3 is 24.8 Å². The van der Waals surface area contributed by atoms with Gasteiger partial charge in [-0.1, -0.05) is 18.2 Å². The van der Waals surface area contributed by atoms with Crippen LogP contribution in [-0.4, -0.2) is 26.7 Å². The van der Waals surface area contributed by atoms with Gasteiger partial charge in [0.2, 0.25) is 5.91 Å². The van der Waals surface area contributed by atoms with Crippen molar-refractivity contribution in [1.29, 1.82) is 0 Å². The Morgan fingerprint density at radius 1 is 0.793 bits per heavy atom. The van der Waals surface area contributed by atoms with Crippen LogP contribution in [0.1, 0.15) is 6.42 Å². The number of amides is 1. The number of para-hydroxylation sites is 1. The minimum Gasteiger partial charge on any atom is -0.493 e. The molecule has 0 unspecified atom stereocenters. The number of nitrogens with one attached hydrogen (secondary N) is 2. The lowest BCUT2D eigenvalue weighted by atomic mass is 10.2. The highest BCUT2D eigenvalue weighted by Gasteiger charge is 2.06. The Kier molecular flexibility index (Phi) is 6.95. The Balaban J connectivity index is 1.50. The quantitative estimate of drug-likeness (QED) is 0.545. The number of rotatable bonds is 9. The fraction of sp³-hybridized carbons (Fsp3) is 0.174. The van der Waals surface area contributed by atoms with Gasteiger partial charge in [-0.2, -0.15) is 0 Å². The maximum Gasteiger partial charge on any atom is 0.227 e. The normalized spacial score (nSPS) is 10.1. The number of benzene rings is 3. The van der Waals surface area contributed by atoms with Crippen molar-refractivity contribution in [2.45, 2.75) is 6.42 Å². The van der Waals surface area contributed by atoms with Gasteiger partial charge in [0, 0.05) is 23.1 Å². The number of ether oxygens (including phenoxy) is 3. The molecule has 2 N–H and O–H groups in total. The van der Waals surface area contributed by atoms with Crippen molar-refractivity contribution in [2.24, 2.45) is 0 Å². The highest BCUT2D eigenvalue weighted by atomic mass is 16.5. The Morgan fingerprint density at radius 3 is 2.14 bits per heavy atom. The Labute approximate surface area is 170 Å². The molecule has 0 saturated carbocycles. The van der Waals surface area contributed by atoms with E-state index in [2.05, 4.69) is 10.6 Å². The molecule has 29 heavy (non-hydrogen) atoms. The summed E-state index contributed by atoms with van der Waals surface area (Å²) in [5.41, 5.74) is 2.49. The standard InChI is InChI=1S/C23H24N2O4/c1-27-21-13-12-19(16-22(21)28-2)24-17-8-10-18(11-9-17)25-23(26)14-15-29-20-6-4-3-5-7-20/h3-13,16,24H,14-15H2,1-2H3,(H,25,26). The topological polar surface area (TPSA) is 68.8 Å². The largest absolute Gasteiger partial charge is 0.493 e. The van der Waals surface area contributed by atoms with Gasteiger partial charge in [-0.3, -0.25) is 4.79 Å². The first-order chi connectivity index (χ1) is 14.2. The Hall–Kier alpha value is -3.67. The zero-order valence-corrected chi connectivity index (χ0v) is 16.5. The molecule has 0 heterocycles. The molecule has 0 aliphatic rings. The van der Waals surface area contributed by atoms with Crippen LogP contribution in [0.15, 0.2) is 72.8 Å². The summed E-state index contributed by atoms with van der Waals surface area (Å²) in [7, 11) is 3.20. The lowest BCUT2D eigenvalue weighted by Crippen LogP contribution is -2.15. The molecule has 0 radical (unpaired) electrons. The predicted molar refractivity (Wildman–Crippen MR) is 114 cm³/mol. The highest BCUT2D eigenvalue weighted by Crippen LogP contribution is 2.31. The average molecular weight is 392 g/mol. The molecular formula is C23H24N2O4. The first-order valence-electron chi connectivity index (χ1n) is 9.25. The van der Waals surface area contributed by atoms with Crippen molar-refractivity contribution < 1.29 is 19.0 Å². The highest BCUT2D eigenvalue weighted by molar-refractivity contribution is 5.91. The van der Waals surface area contributed by atoms with Crippen LogP contribution < -0.4 is 24.8 Å². The molecule has 0 spiro atoms. The molecule has 3 aromatic carbocycles. The van der Waals surface area contributed by atoms with E-state index in [4.69, 9.17) is 14.2 Å². The van der Waals surface area contributed by atoms with E-state index < -0.39 is 0 Å². The molecule has 6 nitrogen and oxygen atoms in total.